The van der Waals surface area contributed by atoms with E-state index in [4.69, 9.17) is 4.74 Å². The number of carbonyl (C=O) groups is 2. The number of thiophene rings is 1. The van der Waals surface area contributed by atoms with Gasteiger partial charge < -0.3 is 10.1 Å². The van der Waals surface area contributed by atoms with E-state index in [1.54, 1.807) is 29.6 Å². The highest BCUT2D eigenvalue weighted by Gasteiger charge is 2.25. The number of esters is 1. The van der Waals surface area contributed by atoms with Crippen molar-refractivity contribution in [1.29, 1.82) is 0 Å². The van der Waals surface area contributed by atoms with Gasteiger partial charge in [0, 0.05) is 6.54 Å². The van der Waals surface area contributed by atoms with Crippen LogP contribution in [0.2, 0.25) is 0 Å². The molecular formula is C18H20FNO3S. The zero-order valence-corrected chi connectivity index (χ0v) is 14.4. The van der Waals surface area contributed by atoms with Crippen molar-refractivity contribution >= 4 is 23.2 Å². The lowest BCUT2D eigenvalue weighted by Gasteiger charge is -2.19. The van der Waals surface area contributed by atoms with E-state index < -0.39 is 12.1 Å². The predicted octanol–water partition coefficient (Wildman–Crippen LogP) is 3.78. The van der Waals surface area contributed by atoms with Crippen LogP contribution < -0.4 is 5.32 Å². The standard InChI is InChI=1S/C18H20FNO3S/c1-12(2)10-15(23-18(22)16-4-3-9-24-16)17(21)20-11-13-5-7-14(19)8-6-13/h3-9,12,15H,10-11H2,1-2H3,(H,20,21). The quantitative estimate of drug-likeness (QED) is 0.774. The highest BCUT2D eigenvalue weighted by Crippen LogP contribution is 2.15. The fraction of sp³-hybridized carbons (Fsp3) is 0.333. The first-order valence-corrected chi connectivity index (χ1v) is 8.60. The van der Waals surface area contributed by atoms with Crippen molar-refractivity contribution in [3.8, 4) is 0 Å². The molecule has 128 valence electrons. The molecule has 1 heterocycles. The molecule has 0 bridgehead atoms. The van der Waals surface area contributed by atoms with Gasteiger partial charge in [0.25, 0.3) is 5.91 Å². The molecule has 1 amide bonds. The summed E-state index contributed by atoms with van der Waals surface area (Å²) in [6, 6.07) is 9.30. The Kier molecular flexibility index (Phi) is 6.49. The van der Waals surface area contributed by atoms with Gasteiger partial charge in [-0.25, -0.2) is 9.18 Å². The third-order valence-electron chi connectivity index (χ3n) is 3.33. The van der Waals surface area contributed by atoms with E-state index in [1.807, 2.05) is 13.8 Å². The number of carbonyl (C=O) groups excluding carboxylic acids is 2. The topological polar surface area (TPSA) is 55.4 Å². The molecule has 2 rings (SSSR count). The normalized spacial score (nSPS) is 12.0. The van der Waals surface area contributed by atoms with Gasteiger partial charge in [-0.05, 0) is 41.5 Å². The monoisotopic (exact) mass is 349 g/mol. The Morgan fingerprint density at radius 3 is 2.50 bits per heavy atom. The number of hydrogen-bond donors (Lipinski definition) is 1. The summed E-state index contributed by atoms with van der Waals surface area (Å²) in [5, 5.41) is 4.52. The average molecular weight is 349 g/mol. The molecule has 24 heavy (non-hydrogen) atoms. The van der Waals surface area contributed by atoms with E-state index in [2.05, 4.69) is 5.32 Å². The van der Waals surface area contributed by atoms with Gasteiger partial charge in [0.05, 0.1) is 0 Å². The fourth-order valence-corrected chi connectivity index (χ4v) is 2.73. The predicted molar refractivity (Wildman–Crippen MR) is 91.2 cm³/mol. The third-order valence-corrected chi connectivity index (χ3v) is 4.18. The smallest absolute Gasteiger partial charge is 0.349 e. The Labute approximate surface area is 144 Å². The van der Waals surface area contributed by atoms with E-state index in [9.17, 15) is 14.0 Å². The first-order valence-electron chi connectivity index (χ1n) is 7.72. The summed E-state index contributed by atoms with van der Waals surface area (Å²) in [6.07, 6.45) is -0.410. The molecule has 0 saturated heterocycles. The Hall–Kier alpha value is -2.21. The lowest BCUT2D eigenvalue weighted by molar-refractivity contribution is -0.130. The molecule has 0 radical (unpaired) electrons. The van der Waals surface area contributed by atoms with Crippen LogP contribution in [0, 0.1) is 11.7 Å². The van der Waals surface area contributed by atoms with E-state index in [-0.39, 0.29) is 24.2 Å². The summed E-state index contributed by atoms with van der Waals surface area (Å²) < 4.78 is 18.3. The molecule has 0 spiro atoms. The molecule has 1 N–H and O–H groups in total. The van der Waals surface area contributed by atoms with Crippen LogP contribution in [-0.4, -0.2) is 18.0 Å². The summed E-state index contributed by atoms with van der Waals surface area (Å²) in [4.78, 5) is 24.9. The molecule has 1 aromatic heterocycles. The zero-order valence-electron chi connectivity index (χ0n) is 13.6. The van der Waals surface area contributed by atoms with Gasteiger partial charge in [-0.1, -0.05) is 32.0 Å². The summed E-state index contributed by atoms with van der Waals surface area (Å²) >= 11 is 1.27. The maximum Gasteiger partial charge on any atom is 0.349 e. The lowest BCUT2D eigenvalue weighted by atomic mass is 10.1. The number of nitrogens with one attached hydrogen (secondary N) is 1. The average Bonchev–Trinajstić information content (AvgIpc) is 3.07. The van der Waals surface area contributed by atoms with Gasteiger partial charge >= 0.3 is 5.97 Å². The number of benzene rings is 1. The molecule has 0 saturated carbocycles. The van der Waals surface area contributed by atoms with Crippen molar-refractivity contribution in [2.45, 2.75) is 32.9 Å². The van der Waals surface area contributed by atoms with Crippen molar-refractivity contribution in [2.75, 3.05) is 0 Å². The van der Waals surface area contributed by atoms with Crippen LogP contribution in [0.25, 0.3) is 0 Å². The minimum atomic E-state index is -0.847. The van der Waals surface area contributed by atoms with Crippen LogP contribution in [0.5, 0.6) is 0 Å². The van der Waals surface area contributed by atoms with Crippen LogP contribution in [-0.2, 0) is 16.1 Å². The maximum absolute atomic E-state index is 12.9. The summed E-state index contributed by atoms with van der Waals surface area (Å²) in [5.41, 5.74) is 0.776. The Bertz CT molecular complexity index is 668. The first-order chi connectivity index (χ1) is 11.5. The van der Waals surface area contributed by atoms with Crippen molar-refractivity contribution in [3.05, 3.63) is 58.0 Å². The van der Waals surface area contributed by atoms with Crippen molar-refractivity contribution < 1.29 is 18.7 Å². The van der Waals surface area contributed by atoms with Crippen molar-refractivity contribution in [2.24, 2.45) is 5.92 Å². The second kappa shape index (κ2) is 8.59. The van der Waals surface area contributed by atoms with Gasteiger partial charge in [-0.3, -0.25) is 4.79 Å². The molecule has 2 aromatic rings. The highest BCUT2D eigenvalue weighted by atomic mass is 32.1. The van der Waals surface area contributed by atoms with Gasteiger partial charge in [0.15, 0.2) is 6.10 Å². The van der Waals surface area contributed by atoms with Crippen LogP contribution >= 0.6 is 11.3 Å². The van der Waals surface area contributed by atoms with Gasteiger partial charge in [-0.15, -0.1) is 11.3 Å². The lowest BCUT2D eigenvalue weighted by Crippen LogP contribution is -2.38. The first kappa shape index (κ1) is 18.1. The Morgan fingerprint density at radius 2 is 1.92 bits per heavy atom. The summed E-state index contributed by atoms with van der Waals surface area (Å²) in [7, 11) is 0. The molecule has 0 aliphatic carbocycles. The van der Waals surface area contributed by atoms with Gasteiger partial charge in [-0.2, -0.15) is 0 Å². The van der Waals surface area contributed by atoms with Crippen molar-refractivity contribution in [1.82, 2.24) is 5.32 Å². The molecular weight excluding hydrogens is 329 g/mol. The second-order valence-electron chi connectivity index (χ2n) is 5.85. The van der Waals surface area contributed by atoms with Crippen molar-refractivity contribution in [3.63, 3.8) is 0 Å². The van der Waals surface area contributed by atoms with E-state index in [0.717, 1.165) is 5.56 Å². The van der Waals surface area contributed by atoms with Crippen LogP contribution in [0.3, 0.4) is 0 Å². The fourth-order valence-electron chi connectivity index (χ4n) is 2.12. The molecule has 6 heteroatoms. The largest absolute Gasteiger partial charge is 0.448 e. The maximum atomic E-state index is 12.9. The number of ether oxygens (including phenoxy) is 1. The number of hydrogen-bond acceptors (Lipinski definition) is 4. The summed E-state index contributed by atoms with van der Waals surface area (Å²) in [5.74, 6) is -0.971. The number of halogens is 1. The van der Waals surface area contributed by atoms with E-state index in [0.29, 0.717) is 11.3 Å². The van der Waals surface area contributed by atoms with Crippen LogP contribution in [0.15, 0.2) is 41.8 Å². The second-order valence-corrected chi connectivity index (χ2v) is 6.79. The molecule has 4 nitrogen and oxygen atoms in total. The number of rotatable bonds is 7. The molecule has 1 atom stereocenters. The molecule has 0 fully saturated rings. The minimum Gasteiger partial charge on any atom is -0.448 e. The van der Waals surface area contributed by atoms with Crippen LogP contribution in [0.1, 0.15) is 35.5 Å². The third kappa shape index (κ3) is 5.45. The SMILES string of the molecule is CC(C)CC(OC(=O)c1cccs1)C(=O)NCc1ccc(F)cc1. The molecule has 0 aliphatic rings. The number of amides is 1. The molecule has 1 unspecified atom stereocenters. The molecule has 0 aliphatic heterocycles. The van der Waals surface area contributed by atoms with E-state index in [1.165, 1.54) is 23.5 Å². The Morgan fingerprint density at radius 1 is 1.21 bits per heavy atom. The van der Waals surface area contributed by atoms with E-state index >= 15 is 0 Å². The molecule has 1 aromatic carbocycles. The minimum absolute atomic E-state index is 0.197. The highest BCUT2D eigenvalue weighted by molar-refractivity contribution is 7.11. The van der Waals surface area contributed by atoms with Gasteiger partial charge in [0.2, 0.25) is 0 Å². The van der Waals surface area contributed by atoms with Gasteiger partial charge in [0.1, 0.15) is 10.7 Å². The van der Waals surface area contributed by atoms with Crippen LogP contribution in [0.4, 0.5) is 4.39 Å². The zero-order chi connectivity index (χ0) is 17.5. The Balaban J connectivity index is 1.96. The summed E-state index contributed by atoms with van der Waals surface area (Å²) in [6.45, 7) is 4.17.